The average molecular weight is 261 g/mol. The van der Waals surface area contributed by atoms with E-state index >= 15 is 0 Å². The predicted octanol–water partition coefficient (Wildman–Crippen LogP) is -2.65. The van der Waals surface area contributed by atoms with Gasteiger partial charge < -0.3 is 10.2 Å². The van der Waals surface area contributed by atoms with Crippen LogP contribution in [0.1, 0.15) is 0 Å². The lowest BCUT2D eigenvalue weighted by Crippen LogP contribution is -2.38. The van der Waals surface area contributed by atoms with E-state index in [-0.39, 0.29) is 0 Å². The molecule has 0 aliphatic carbocycles. The molecule has 0 aliphatic rings. The van der Waals surface area contributed by atoms with Crippen LogP contribution in [0.4, 0.5) is 0 Å². The van der Waals surface area contributed by atoms with E-state index in [1.54, 1.807) is 4.72 Å². The standard InChI is InChI=1S/C5H11NO7S2/c1-14(10,11)3-15(12,13)6-2-4(7)5(8)9/h4,6-7H,2-3H2,1H3,(H,8,9)/t4-/m0/s1. The van der Waals surface area contributed by atoms with Gasteiger partial charge in [-0.2, -0.15) is 0 Å². The van der Waals surface area contributed by atoms with Gasteiger partial charge in [-0.25, -0.2) is 26.4 Å². The van der Waals surface area contributed by atoms with Crippen LogP contribution in [0, 0.1) is 0 Å². The highest BCUT2D eigenvalue weighted by Gasteiger charge is 2.21. The highest BCUT2D eigenvalue weighted by Crippen LogP contribution is 1.92. The molecule has 15 heavy (non-hydrogen) atoms. The van der Waals surface area contributed by atoms with Gasteiger partial charge in [-0.3, -0.25) is 0 Å². The summed E-state index contributed by atoms with van der Waals surface area (Å²) in [6.07, 6.45) is -1.18. The third-order valence-corrected chi connectivity index (χ3v) is 4.71. The zero-order valence-corrected chi connectivity index (χ0v) is 9.38. The Labute approximate surface area is 86.9 Å². The summed E-state index contributed by atoms with van der Waals surface area (Å²) >= 11 is 0. The topological polar surface area (TPSA) is 138 Å². The van der Waals surface area contributed by atoms with Crippen molar-refractivity contribution in [2.75, 3.05) is 17.9 Å². The number of aliphatic hydroxyl groups excluding tert-OH is 1. The van der Waals surface area contributed by atoms with Crippen LogP contribution in [0.3, 0.4) is 0 Å². The second kappa shape index (κ2) is 4.88. The van der Waals surface area contributed by atoms with Gasteiger partial charge >= 0.3 is 5.97 Å². The van der Waals surface area contributed by atoms with Crippen molar-refractivity contribution in [1.82, 2.24) is 4.72 Å². The number of aliphatic carboxylic acids is 1. The average Bonchev–Trinajstić information content (AvgIpc) is 1.95. The first-order chi connectivity index (χ1) is 6.53. The molecule has 10 heteroatoms. The monoisotopic (exact) mass is 261 g/mol. The summed E-state index contributed by atoms with van der Waals surface area (Å²) in [5.74, 6) is -1.60. The summed E-state index contributed by atoms with van der Waals surface area (Å²) in [5, 5.41) is 15.8. The van der Waals surface area contributed by atoms with Crippen molar-refractivity contribution in [3.05, 3.63) is 0 Å². The number of carboxylic acid groups (broad SMARTS) is 1. The summed E-state index contributed by atoms with van der Waals surface area (Å²) in [5.41, 5.74) is 0. The van der Waals surface area contributed by atoms with Crippen molar-refractivity contribution in [2.45, 2.75) is 6.10 Å². The fraction of sp³-hybridized carbons (Fsp3) is 0.800. The second-order valence-corrected chi connectivity index (χ2v) is 7.17. The van der Waals surface area contributed by atoms with Gasteiger partial charge in [0, 0.05) is 12.8 Å². The minimum Gasteiger partial charge on any atom is -0.479 e. The van der Waals surface area contributed by atoms with Crippen LogP contribution in [-0.2, 0) is 24.7 Å². The number of hydrogen-bond donors (Lipinski definition) is 3. The molecular formula is C5H11NO7S2. The molecule has 1 atom stereocenters. The van der Waals surface area contributed by atoms with Gasteiger partial charge in [0.05, 0.1) is 0 Å². The maximum Gasteiger partial charge on any atom is 0.333 e. The summed E-state index contributed by atoms with van der Waals surface area (Å²) < 4.78 is 44.9. The Bertz CT molecular complexity index is 422. The van der Waals surface area contributed by atoms with Gasteiger partial charge in [0.15, 0.2) is 21.0 Å². The minimum atomic E-state index is -4.13. The van der Waals surface area contributed by atoms with Crippen molar-refractivity contribution in [3.8, 4) is 0 Å². The molecule has 0 unspecified atom stereocenters. The largest absolute Gasteiger partial charge is 0.479 e. The summed E-state index contributed by atoms with van der Waals surface area (Å²) in [6, 6.07) is 0. The Balaban J connectivity index is 4.36. The number of carbonyl (C=O) groups is 1. The molecule has 0 amide bonds. The number of sulfonamides is 1. The van der Waals surface area contributed by atoms with Crippen molar-refractivity contribution in [2.24, 2.45) is 0 Å². The quantitative estimate of drug-likeness (QED) is 0.475. The van der Waals surface area contributed by atoms with E-state index < -0.39 is 43.6 Å². The highest BCUT2D eigenvalue weighted by atomic mass is 32.3. The third kappa shape index (κ3) is 7.25. The summed E-state index contributed by atoms with van der Waals surface area (Å²) in [4.78, 5) is 10.1. The first kappa shape index (κ1) is 14.3. The Hall–Kier alpha value is -0.710. The van der Waals surface area contributed by atoms with E-state index in [0.717, 1.165) is 6.26 Å². The molecule has 0 aliphatic heterocycles. The molecule has 0 heterocycles. The molecule has 90 valence electrons. The van der Waals surface area contributed by atoms with Gasteiger partial charge in [0.2, 0.25) is 10.0 Å². The SMILES string of the molecule is CS(=O)(=O)CS(=O)(=O)NC[C@H](O)C(=O)O. The molecule has 0 aromatic heterocycles. The number of sulfone groups is 1. The van der Waals surface area contributed by atoms with Crippen LogP contribution < -0.4 is 4.72 Å². The molecule has 3 N–H and O–H groups in total. The van der Waals surface area contributed by atoms with Gasteiger partial charge in [0.1, 0.15) is 0 Å². The van der Waals surface area contributed by atoms with E-state index in [2.05, 4.69) is 0 Å². The number of hydrogen-bond acceptors (Lipinski definition) is 6. The number of aliphatic hydroxyl groups is 1. The fourth-order valence-corrected chi connectivity index (χ4v) is 3.62. The lowest BCUT2D eigenvalue weighted by molar-refractivity contribution is -0.146. The Kier molecular flexibility index (Phi) is 4.65. The molecule has 0 saturated carbocycles. The lowest BCUT2D eigenvalue weighted by Gasteiger charge is -2.07. The maximum absolute atomic E-state index is 11.0. The van der Waals surface area contributed by atoms with Crippen LogP contribution in [0.25, 0.3) is 0 Å². The molecular weight excluding hydrogens is 250 g/mol. The predicted molar refractivity (Wildman–Crippen MR) is 50.3 cm³/mol. The van der Waals surface area contributed by atoms with E-state index in [4.69, 9.17) is 10.2 Å². The molecule has 0 rings (SSSR count). The summed E-state index contributed by atoms with van der Waals surface area (Å²) in [7, 11) is -7.86. The van der Waals surface area contributed by atoms with Crippen molar-refractivity contribution >= 4 is 25.8 Å². The zero-order chi connectivity index (χ0) is 12.3. The molecule has 0 radical (unpaired) electrons. The van der Waals surface area contributed by atoms with Crippen molar-refractivity contribution < 1.29 is 31.8 Å². The molecule has 8 nitrogen and oxygen atoms in total. The van der Waals surface area contributed by atoms with E-state index in [1.165, 1.54) is 0 Å². The van der Waals surface area contributed by atoms with Crippen molar-refractivity contribution in [1.29, 1.82) is 0 Å². The summed E-state index contributed by atoms with van der Waals surface area (Å²) in [6.45, 7) is -0.771. The molecule has 0 spiro atoms. The molecule has 0 aromatic carbocycles. The van der Waals surface area contributed by atoms with Gasteiger partial charge in [-0.05, 0) is 0 Å². The zero-order valence-electron chi connectivity index (χ0n) is 7.74. The van der Waals surface area contributed by atoms with Crippen LogP contribution in [0.15, 0.2) is 0 Å². The van der Waals surface area contributed by atoms with E-state index in [9.17, 15) is 21.6 Å². The fourth-order valence-electron chi connectivity index (χ4n) is 0.617. The minimum absolute atomic E-state index is 0.722. The van der Waals surface area contributed by atoms with Crippen LogP contribution in [0.5, 0.6) is 0 Å². The molecule has 0 saturated heterocycles. The Morgan fingerprint density at radius 3 is 2.13 bits per heavy atom. The first-order valence-corrected chi connectivity index (χ1v) is 7.31. The normalized spacial score (nSPS) is 14.8. The molecule has 0 aromatic rings. The maximum atomic E-state index is 11.0. The molecule has 0 fully saturated rings. The number of carboxylic acids is 1. The Morgan fingerprint density at radius 2 is 1.80 bits per heavy atom. The van der Waals surface area contributed by atoms with Crippen LogP contribution in [-0.4, -0.2) is 57.0 Å². The second-order valence-electron chi connectivity index (χ2n) is 2.86. The Morgan fingerprint density at radius 1 is 1.33 bits per heavy atom. The van der Waals surface area contributed by atoms with Gasteiger partial charge in [0.25, 0.3) is 0 Å². The highest BCUT2D eigenvalue weighted by molar-refractivity contribution is 8.06. The van der Waals surface area contributed by atoms with E-state index in [0.29, 0.717) is 0 Å². The van der Waals surface area contributed by atoms with Gasteiger partial charge in [-0.15, -0.1) is 0 Å². The number of rotatable bonds is 6. The van der Waals surface area contributed by atoms with E-state index in [1.807, 2.05) is 0 Å². The van der Waals surface area contributed by atoms with Gasteiger partial charge in [-0.1, -0.05) is 0 Å². The van der Waals surface area contributed by atoms with Crippen LogP contribution in [0.2, 0.25) is 0 Å². The lowest BCUT2D eigenvalue weighted by atomic mass is 10.4. The first-order valence-electron chi connectivity index (χ1n) is 3.59. The van der Waals surface area contributed by atoms with Crippen molar-refractivity contribution in [3.63, 3.8) is 0 Å². The third-order valence-electron chi connectivity index (χ3n) is 1.15. The van der Waals surface area contributed by atoms with Crippen LogP contribution >= 0.6 is 0 Å². The molecule has 0 bridgehead atoms. The smallest absolute Gasteiger partial charge is 0.333 e. The number of nitrogens with one attached hydrogen (secondary N) is 1.